The van der Waals surface area contributed by atoms with Crippen molar-refractivity contribution in [1.82, 2.24) is 5.32 Å². The van der Waals surface area contributed by atoms with Gasteiger partial charge in [-0.2, -0.15) is 0 Å². The van der Waals surface area contributed by atoms with Gasteiger partial charge >= 0.3 is 0 Å². The van der Waals surface area contributed by atoms with Crippen LogP contribution in [-0.2, 0) is 9.84 Å². The average molecular weight is 269 g/mol. The summed E-state index contributed by atoms with van der Waals surface area (Å²) in [5, 5.41) is 3.32. The predicted octanol–water partition coefficient (Wildman–Crippen LogP) is 2.47. The third kappa shape index (κ3) is 4.78. The normalized spacial score (nSPS) is 13.5. The highest BCUT2D eigenvalue weighted by molar-refractivity contribution is 7.91. The van der Waals surface area contributed by atoms with Crippen molar-refractivity contribution in [2.75, 3.05) is 18.1 Å². The fourth-order valence-electron chi connectivity index (χ4n) is 1.76. The average Bonchev–Trinajstić information content (AvgIpc) is 2.35. The highest BCUT2D eigenvalue weighted by Crippen LogP contribution is 2.16. The van der Waals surface area contributed by atoms with E-state index >= 15 is 0 Å². The van der Waals surface area contributed by atoms with Crippen LogP contribution >= 0.6 is 0 Å². The van der Waals surface area contributed by atoms with Gasteiger partial charge in [0.2, 0.25) is 0 Å². The minimum atomic E-state index is -2.97. The molecule has 3 nitrogen and oxygen atoms in total. The molecule has 0 fully saturated rings. The van der Waals surface area contributed by atoms with Crippen molar-refractivity contribution in [3.8, 4) is 0 Å². The first-order valence-corrected chi connectivity index (χ1v) is 8.31. The van der Waals surface area contributed by atoms with Crippen LogP contribution in [0.1, 0.15) is 37.4 Å². The Bertz CT molecular complexity index is 451. The Morgan fingerprint density at radius 2 is 1.78 bits per heavy atom. The Labute approximate surface area is 111 Å². The second kappa shape index (κ2) is 6.90. The van der Waals surface area contributed by atoms with Gasteiger partial charge in [0, 0.05) is 11.8 Å². The van der Waals surface area contributed by atoms with Gasteiger partial charge in [0.25, 0.3) is 0 Å². The third-order valence-electron chi connectivity index (χ3n) is 2.98. The molecular weight excluding hydrogens is 246 g/mol. The molecular formula is C14H23NO2S. The van der Waals surface area contributed by atoms with E-state index in [4.69, 9.17) is 0 Å². The SMILES string of the molecule is CCCNC(CS(=O)(=O)CC)c1ccc(C)cc1. The minimum Gasteiger partial charge on any atom is -0.309 e. The van der Waals surface area contributed by atoms with E-state index < -0.39 is 9.84 Å². The maximum absolute atomic E-state index is 11.8. The van der Waals surface area contributed by atoms with E-state index in [9.17, 15) is 8.42 Å². The van der Waals surface area contributed by atoms with Crippen LogP contribution in [0.2, 0.25) is 0 Å². The lowest BCUT2D eigenvalue weighted by Crippen LogP contribution is -2.29. The van der Waals surface area contributed by atoms with Gasteiger partial charge in [-0.25, -0.2) is 8.42 Å². The van der Waals surface area contributed by atoms with Crippen LogP contribution in [0.4, 0.5) is 0 Å². The second-order valence-electron chi connectivity index (χ2n) is 4.62. The molecule has 1 N–H and O–H groups in total. The molecule has 0 spiro atoms. The molecule has 4 heteroatoms. The van der Waals surface area contributed by atoms with Crippen LogP contribution < -0.4 is 5.32 Å². The first-order chi connectivity index (χ1) is 8.48. The Morgan fingerprint density at radius 1 is 1.17 bits per heavy atom. The van der Waals surface area contributed by atoms with Gasteiger partial charge in [0.1, 0.15) is 0 Å². The zero-order valence-electron chi connectivity index (χ0n) is 11.4. The van der Waals surface area contributed by atoms with Crippen molar-refractivity contribution in [3.05, 3.63) is 35.4 Å². The summed E-state index contributed by atoms with van der Waals surface area (Å²) in [6.45, 7) is 6.63. The van der Waals surface area contributed by atoms with Crippen LogP contribution in [0.5, 0.6) is 0 Å². The lowest BCUT2D eigenvalue weighted by Gasteiger charge is -2.19. The first kappa shape index (κ1) is 15.2. The van der Waals surface area contributed by atoms with Gasteiger partial charge in [-0.15, -0.1) is 0 Å². The fourth-order valence-corrected chi connectivity index (χ4v) is 2.82. The Kier molecular flexibility index (Phi) is 5.82. The van der Waals surface area contributed by atoms with Crippen LogP contribution in [0.15, 0.2) is 24.3 Å². The molecule has 0 aromatic heterocycles. The zero-order valence-corrected chi connectivity index (χ0v) is 12.3. The molecule has 1 aromatic rings. The number of hydrogen-bond donors (Lipinski definition) is 1. The summed E-state index contributed by atoms with van der Waals surface area (Å²) in [7, 11) is -2.97. The van der Waals surface area contributed by atoms with E-state index in [0.717, 1.165) is 18.5 Å². The monoisotopic (exact) mass is 269 g/mol. The Balaban J connectivity index is 2.87. The maximum Gasteiger partial charge on any atom is 0.151 e. The second-order valence-corrected chi connectivity index (χ2v) is 7.01. The van der Waals surface area contributed by atoms with Crippen molar-refractivity contribution in [2.24, 2.45) is 0 Å². The van der Waals surface area contributed by atoms with E-state index in [-0.39, 0.29) is 17.5 Å². The minimum absolute atomic E-state index is 0.101. The Hall–Kier alpha value is -0.870. The number of nitrogens with one attached hydrogen (secondary N) is 1. The largest absolute Gasteiger partial charge is 0.309 e. The summed E-state index contributed by atoms with van der Waals surface area (Å²) in [5.74, 6) is 0.371. The van der Waals surface area contributed by atoms with E-state index in [0.29, 0.717) is 0 Å². The number of sulfone groups is 1. The van der Waals surface area contributed by atoms with E-state index in [2.05, 4.69) is 12.2 Å². The molecule has 0 amide bonds. The zero-order chi connectivity index (χ0) is 13.6. The van der Waals surface area contributed by atoms with Crippen LogP contribution in [0.3, 0.4) is 0 Å². The molecule has 0 heterocycles. The van der Waals surface area contributed by atoms with E-state index in [1.165, 1.54) is 5.56 Å². The first-order valence-electron chi connectivity index (χ1n) is 6.49. The molecule has 0 aliphatic rings. The molecule has 1 unspecified atom stereocenters. The lowest BCUT2D eigenvalue weighted by atomic mass is 10.1. The summed E-state index contributed by atoms with van der Waals surface area (Å²) >= 11 is 0. The Morgan fingerprint density at radius 3 is 2.28 bits per heavy atom. The highest BCUT2D eigenvalue weighted by atomic mass is 32.2. The number of hydrogen-bond acceptors (Lipinski definition) is 3. The molecule has 0 aliphatic carbocycles. The molecule has 18 heavy (non-hydrogen) atoms. The molecule has 1 rings (SSSR count). The highest BCUT2D eigenvalue weighted by Gasteiger charge is 2.18. The molecule has 0 radical (unpaired) electrons. The number of rotatable bonds is 7. The van der Waals surface area contributed by atoms with Crippen molar-refractivity contribution in [1.29, 1.82) is 0 Å². The van der Waals surface area contributed by atoms with Crippen molar-refractivity contribution < 1.29 is 8.42 Å². The molecule has 0 saturated heterocycles. The van der Waals surface area contributed by atoms with E-state index in [1.807, 2.05) is 31.2 Å². The van der Waals surface area contributed by atoms with Crippen molar-refractivity contribution in [2.45, 2.75) is 33.2 Å². The summed E-state index contributed by atoms with van der Waals surface area (Å²) in [6, 6.07) is 7.96. The van der Waals surface area contributed by atoms with Crippen molar-refractivity contribution in [3.63, 3.8) is 0 Å². The molecule has 102 valence electrons. The molecule has 0 bridgehead atoms. The smallest absolute Gasteiger partial charge is 0.151 e. The van der Waals surface area contributed by atoms with Gasteiger partial charge in [-0.1, -0.05) is 43.7 Å². The van der Waals surface area contributed by atoms with Gasteiger partial charge < -0.3 is 5.32 Å². The van der Waals surface area contributed by atoms with Crippen LogP contribution in [-0.4, -0.2) is 26.5 Å². The molecule has 0 saturated carbocycles. The van der Waals surface area contributed by atoms with E-state index in [1.54, 1.807) is 6.92 Å². The lowest BCUT2D eigenvalue weighted by molar-refractivity contribution is 0.547. The third-order valence-corrected chi connectivity index (χ3v) is 4.70. The summed E-state index contributed by atoms with van der Waals surface area (Å²) in [6.07, 6.45) is 0.995. The summed E-state index contributed by atoms with van der Waals surface area (Å²) < 4.78 is 23.5. The van der Waals surface area contributed by atoms with Gasteiger partial charge in [0.05, 0.1) is 5.75 Å². The summed E-state index contributed by atoms with van der Waals surface area (Å²) in [5.41, 5.74) is 2.23. The maximum atomic E-state index is 11.8. The fraction of sp³-hybridized carbons (Fsp3) is 0.571. The number of benzene rings is 1. The molecule has 1 atom stereocenters. The van der Waals surface area contributed by atoms with Crippen molar-refractivity contribution >= 4 is 9.84 Å². The van der Waals surface area contributed by atoms with Gasteiger partial charge in [-0.3, -0.25) is 0 Å². The topological polar surface area (TPSA) is 46.2 Å². The molecule has 1 aromatic carbocycles. The van der Waals surface area contributed by atoms with Crippen LogP contribution in [0.25, 0.3) is 0 Å². The summed E-state index contributed by atoms with van der Waals surface area (Å²) in [4.78, 5) is 0. The predicted molar refractivity (Wildman–Crippen MR) is 76.5 cm³/mol. The number of aryl methyl sites for hydroxylation is 1. The quantitative estimate of drug-likeness (QED) is 0.827. The van der Waals surface area contributed by atoms with Crippen LogP contribution in [0, 0.1) is 6.92 Å². The van der Waals surface area contributed by atoms with Gasteiger partial charge in [0.15, 0.2) is 9.84 Å². The van der Waals surface area contributed by atoms with Gasteiger partial charge in [-0.05, 0) is 25.5 Å². The molecule has 0 aliphatic heterocycles. The standard InChI is InChI=1S/C14H23NO2S/c1-4-10-15-14(11-18(16,17)5-2)13-8-6-12(3)7-9-13/h6-9,14-15H,4-5,10-11H2,1-3H3.